The minimum absolute atomic E-state index is 0.849. The first-order chi connectivity index (χ1) is 43.5. The van der Waals surface area contributed by atoms with Crippen molar-refractivity contribution in [2.75, 3.05) is 0 Å². The molecule has 0 unspecified atom stereocenters. The van der Waals surface area contributed by atoms with E-state index in [1.54, 1.807) is 0 Å². The summed E-state index contributed by atoms with van der Waals surface area (Å²) in [6.07, 6.45) is 15.1. The van der Waals surface area contributed by atoms with Crippen molar-refractivity contribution >= 4 is 114 Å². The molecule has 438 valence electrons. The molecule has 88 heavy (non-hydrogen) atoms. The Kier molecular flexibility index (Phi) is 17.7. The Bertz CT molecular complexity index is 4340. The van der Waals surface area contributed by atoms with Gasteiger partial charge in [-0.15, -0.1) is 0 Å². The van der Waals surface area contributed by atoms with Gasteiger partial charge < -0.3 is 13.7 Å². The Morgan fingerprint density at radius 2 is 0.591 bits per heavy atom. The minimum Gasteiger partial charge on any atom is -0.309 e. The monoisotopic (exact) mass is 1200 g/mol. The highest BCUT2D eigenvalue weighted by Crippen LogP contribution is 2.44. The molecule has 0 N–H and O–H groups in total. The van der Waals surface area contributed by atoms with Crippen LogP contribution >= 0.6 is 7.14 Å². The first-order valence-electron chi connectivity index (χ1n) is 32.6. The van der Waals surface area contributed by atoms with Gasteiger partial charge in [0, 0.05) is 48.8 Å². The van der Waals surface area contributed by atoms with E-state index in [9.17, 15) is 0 Å². The van der Waals surface area contributed by atoms with E-state index >= 15 is 4.57 Å². The molecule has 0 radical (unpaired) electrons. The Labute approximate surface area is 523 Å². The zero-order valence-corrected chi connectivity index (χ0v) is 54.2. The van der Waals surface area contributed by atoms with Gasteiger partial charge in [0.25, 0.3) is 0 Å². The molecule has 0 aliphatic carbocycles. The second-order valence-electron chi connectivity index (χ2n) is 24.5. The highest BCUT2D eigenvalue weighted by atomic mass is 31.2. The third-order valence-corrected chi connectivity index (χ3v) is 32.3. The fourth-order valence-electron chi connectivity index (χ4n) is 14.8. The summed E-state index contributed by atoms with van der Waals surface area (Å²) in [7, 11) is -8.85. The van der Waals surface area contributed by atoms with Crippen molar-refractivity contribution < 1.29 is 4.57 Å². The van der Waals surface area contributed by atoms with Crippen LogP contribution in [0.2, 0.25) is 12.1 Å². The first-order valence-corrected chi connectivity index (χ1v) is 38.8. The fraction of sp³-hybridized carbons (Fsp3) is 0.195. The molecule has 3 nitrogen and oxygen atoms in total. The molecule has 0 saturated heterocycles. The van der Waals surface area contributed by atoms with Gasteiger partial charge in [-0.2, -0.15) is 0 Å². The van der Waals surface area contributed by atoms with Crippen LogP contribution in [-0.4, -0.2) is 25.3 Å². The Hall–Kier alpha value is -8.32. The van der Waals surface area contributed by atoms with Crippen LogP contribution in [-0.2, 0) is 4.57 Å². The normalized spacial score (nSPS) is 12.2. The summed E-state index contributed by atoms with van der Waals surface area (Å²) in [4.78, 5) is 0. The number of para-hydroxylation sites is 2. The van der Waals surface area contributed by atoms with E-state index in [-0.39, 0.29) is 0 Å². The van der Waals surface area contributed by atoms with Gasteiger partial charge in [0.15, 0.2) is 15.2 Å². The fourth-order valence-corrected chi connectivity index (χ4v) is 27.4. The molecule has 0 spiro atoms. The summed E-state index contributed by atoms with van der Waals surface area (Å²) >= 11 is 0. The third-order valence-electron chi connectivity index (χ3n) is 19.2. The van der Waals surface area contributed by atoms with Gasteiger partial charge in [0.2, 0.25) is 0 Å². The maximum atomic E-state index is 16.3. The van der Waals surface area contributed by atoms with Gasteiger partial charge in [-0.05, 0) is 93.5 Å². The average molecular weight is 1200 g/mol. The van der Waals surface area contributed by atoms with E-state index in [4.69, 9.17) is 0 Å². The van der Waals surface area contributed by atoms with Crippen LogP contribution in [0, 0.1) is 0 Å². The summed E-state index contributed by atoms with van der Waals surface area (Å²) in [6, 6.07) is 109. The van der Waals surface area contributed by atoms with E-state index in [1.165, 1.54) is 159 Å². The first kappa shape index (κ1) is 58.7. The van der Waals surface area contributed by atoms with Gasteiger partial charge >= 0.3 is 0 Å². The number of hydrogen-bond acceptors (Lipinski definition) is 1. The minimum atomic E-state index is -3.30. The van der Waals surface area contributed by atoms with E-state index in [0.29, 0.717) is 0 Å². The van der Waals surface area contributed by atoms with Crippen LogP contribution in [0.5, 0.6) is 0 Å². The predicted octanol–water partition coefficient (Wildman–Crippen LogP) is 17.2. The topological polar surface area (TPSA) is 26.9 Å². The molecule has 0 bridgehead atoms. The van der Waals surface area contributed by atoms with Crippen molar-refractivity contribution in [2.45, 2.75) is 103 Å². The van der Waals surface area contributed by atoms with Gasteiger partial charge in [-0.3, -0.25) is 0 Å². The predicted molar refractivity (Wildman–Crippen MR) is 386 cm³/mol. The standard InChI is InChI=1S/C82H81N2OPSi2/c1-3-5-7-9-11-34-58-87(59-35-12-10-8-6-4-2,72-51-55-80-76(61-72)75-60-68(50-54-79(75)83(80)64-36-20-13-21-37-64)86(85,66-40-24-15-25-41-66)67-42-26-16-27-43-67)73-52-56-81-77(62-73)78-63-74(53-57-82(78)84(81)65-38-22-14-23-39-65)88(69-44-28-17-29-45-69,70-46-30-18-31-47-70)71-48-32-19-33-49-71/h13-33,36-57,60-63H,3-12,34-35,58-59H2,1-2H3. The number of hydrogen-bond donors (Lipinski definition) is 0. The van der Waals surface area contributed by atoms with Crippen LogP contribution in [0.25, 0.3) is 55.0 Å². The van der Waals surface area contributed by atoms with Gasteiger partial charge in [-0.1, -0.05) is 326 Å². The number of unbranched alkanes of at least 4 members (excludes halogenated alkanes) is 10. The van der Waals surface area contributed by atoms with Crippen LogP contribution in [0.15, 0.2) is 285 Å². The zero-order valence-electron chi connectivity index (χ0n) is 51.3. The van der Waals surface area contributed by atoms with Crippen LogP contribution in [0.3, 0.4) is 0 Å². The lowest BCUT2D eigenvalue weighted by atomic mass is 10.1. The molecule has 0 atom stereocenters. The molecule has 0 saturated carbocycles. The average Bonchev–Trinajstić information content (AvgIpc) is 1.53. The lowest BCUT2D eigenvalue weighted by Crippen LogP contribution is -2.74. The molecule has 2 aromatic heterocycles. The van der Waals surface area contributed by atoms with Crippen molar-refractivity contribution in [3.63, 3.8) is 0 Å². The molecule has 13 aromatic rings. The number of nitrogens with zero attached hydrogens (tertiary/aromatic N) is 2. The van der Waals surface area contributed by atoms with Gasteiger partial charge in [0.1, 0.15) is 8.07 Å². The van der Waals surface area contributed by atoms with Crippen molar-refractivity contribution in [1.29, 1.82) is 0 Å². The van der Waals surface area contributed by atoms with E-state index < -0.39 is 23.3 Å². The summed E-state index contributed by atoms with van der Waals surface area (Å²) in [5.74, 6) is 0. The van der Waals surface area contributed by atoms with Crippen molar-refractivity contribution in [1.82, 2.24) is 9.13 Å². The van der Waals surface area contributed by atoms with Crippen LogP contribution in [0.1, 0.15) is 90.9 Å². The van der Waals surface area contributed by atoms with Gasteiger partial charge in [-0.25, -0.2) is 0 Å². The number of rotatable bonds is 25. The molecule has 11 aromatic carbocycles. The van der Waals surface area contributed by atoms with Crippen molar-refractivity contribution in [3.8, 4) is 11.4 Å². The van der Waals surface area contributed by atoms with Crippen LogP contribution < -0.4 is 47.0 Å². The van der Waals surface area contributed by atoms with E-state index in [1.807, 2.05) is 36.4 Å². The zero-order chi connectivity index (χ0) is 59.8. The molecule has 0 aliphatic heterocycles. The molecular formula is C82H81N2OPSi2. The molecule has 0 amide bonds. The molecular weight excluding hydrogens is 1120 g/mol. The van der Waals surface area contributed by atoms with Gasteiger partial charge in [0.05, 0.1) is 22.1 Å². The smallest absolute Gasteiger partial charge is 0.179 e. The Balaban J connectivity index is 1.08. The SMILES string of the molecule is CCCCCCCC[Si](CCCCCCCC)(c1ccc2c(c1)c1cc([Si](c3ccccc3)(c3ccccc3)c3ccccc3)ccc1n2-c1ccccc1)c1ccc2c(c1)c1cc(P(=O)(c3ccccc3)c3ccccc3)ccc1n2-c1ccccc1. The number of fused-ring (bicyclic) bond motifs is 6. The largest absolute Gasteiger partial charge is 0.309 e. The molecule has 0 aliphatic rings. The molecule has 0 fully saturated rings. The lowest BCUT2D eigenvalue weighted by molar-refractivity contribution is 0.592. The number of aromatic nitrogens is 2. The molecule has 2 heterocycles. The van der Waals surface area contributed by atoms with Crippen LogP contribution in [0.4, 0.5) is 0 Å². The second-order valence-corrected chi connectivity index (χ2v) is 35.4. The highest BCUT2D eigenvalue weighted by Gasteiger charge is 2.42. The maximum Gasteiger partial charge on any atom is 0.179 e. The van der Waals surface area contributed by atoms with Crippen molar-refractivity contribution in [3.05, 3.63) is 285 Å². The summed E-state index contributed by atoms with van der Waals surface area (Å²) in [5.41, 5.74) is 7.07. The second kappa shape index (κ2) is 26.6. The van der Waals surface area contributed by atoms with E-state index in [0.717, 1.165) is 32.5 Å². The Morgan fingerprint density at radius 3 is 0.977 bits per heavy atom. The van der Waals surface area contributed by atoms with Crippen molar-refractivity contribution in [2.24, 2.45) is 0 Å². The molecule has 6 heteroatoms. The highest BCUT2D eigenvalue weighted by molar-refractivity contribution is 7.85. The maximum absolute atomic E-state index is 16.3. The lowest BCUT2D eigenvalue weighted by Gasteiger charge is -2.34. The third kappa shape index (κ3) is 11.0. The quantitative estimate of drug-likeness (QED) is 0.0242. The van der Waals surface area contributed by atoms with E-state index in [2.05, 4.69) is 272 Å². The summed E-state index contributed by atoms with van der Waals surface area (Å²) in [6.45, 7) is 4.66. The Morgan fingerprint density at radius 1 is 0.284 bits per heavy atom. The molecule has 13 rings (SSSR count). The number of benzene rings is 11. The summed E-state index contributed by atoms with van der Waals surface area (Å²) in [5, 5.41) is 16.1. The summed E-state index contributed by atoms with van der Waals surface area (Å²) < 4.78 is 21.3.